The van der Waals surface area contributed by atoms with Crippen molar-refractivity contribution in [1.29, 1.82) is 0 Å². The number of aryl methyl sites for hydroxylation is 1. The number of hydrogen-bond donors (Lipinski definition) is 0. The number of rotatable bonds is 10. The van der Waals surface area contributed by atoms with Crippen LogP contribution in [0.1, 0.15) is 99.8 Å². The number of unbranched alkanes of at least 4 members (excludes halogenated alkanes) is 5. The van der Waals surface area contributed by atoms with Gasteiger partial charge in [-0.25, -0.2) is 0 Å². The maximum absolute atomic E-state index is 3.18. The molecule has 0 aromatic heterocycles. The van der Waals surface area contributed by atoms with Crippen LogP contribution in [-0.4, -0.2) is 0 Å². The molecule has 0 heterocycles. The van der Waals surface area contributed by atoms with Gasteiger partial charge in [0.1, 0.15) is 0 Å². The van der Waals surface area contributed by atoms with E-state index in [2.05, 4.69) is 86.1 Å². The molecule has 0 nitrogen and oxygen atoms in total. The van der Waals surface area contributed by atoms with Crippen molar-refractivity contribution in [2.24, 2.45) is 5.92 Å². The molecule has 0 bridgehead atoms. The van der Waals surface area contributed by atoms with Crippen LogP contribution < -0.4 is 0 Å². The first-order chi connectivity index (χ1) is 14.8. The summed E-state index contributed by atoms with van der Waals surface area (Å²) in [5.74, 6) is 14.1. The lowest BCUT2D eigenvalue weighted by Gasteiger charge is -2.01. The Hall–Kier alpha value is -2.44. The largest absolute Gasteiger partial charge is 0.0654 e. The van der Waals surface area contributed by atoms with Gasteiger partial charge in [-0.1, -0.05) is 88.5 Å². The van der Waals surface area contributed by atoms with Crippen LogP contribution in [0.4, 0.5) is 0 Å². The molecule has 1 aliphatic carbocycles. The average Bonchev–Trinajstić information content (AvgIpc) is 3.55. The van der Waals surface area contributed by atoms with Crippen LogP contribution in [0.3, 0.4) is 0 Å². The zero-order valence-corrected chi connectivity index (χ0v) is 18.8. The van der Waals surface area contributed by atoms with Crippen LogP contribution in [0, 0.1) is 29.6 Å². The zero-order valence-electron chi connectivity index (χ0n) is 18.8. The summed E-state index contributed by atoms with van der Waals surface area (Å²) in [7, 11) is 0. The Morgan fingerprint density at radius 1 is 0.700 bits per heavy atom. The van der Waals surface area contributed by atoms with Crippen LogP contribution in [0.2, 0.25) is 0 Å². The molecule has 0 radical (unpaired) electrons. The van der Waals surface area contributed by atoms with E-state index < -0.39 is 0 Å². The van der Waals surface area contributed by atoms with Crippen molar-refractivity contribution in [2.75, 3.05) is 0 Å². The van der Waals surface area contributed by atoms with Crippen LogP contribution >= 0.6 is 0 Å². The summed E-state index contributed by atoms with van der Waals surface area (Å²) in [6, 6.07) is 17.5. The lowest BCUT2D eigenvalue weighted by molar-refractivity contribution is 0.589. The van der Waals surface area contributed by atoms with Crippen LogP contribution in [-0.2, 0) is 6.42 Å². The van der Waals surface area contributed by atoms with Crippen molar-refractivity contribution in [1.82, 2.24) is 0 Å². The van der Waals surface area contributed by atoms with E-state index in [0.29, 0.717) is 0 Å². The maximum atomic E-state index is 3.18. The molecule has 0 heteroatoms. The highest BCUT2D eigenvalue weighted by Crippen LogP contribution is 2.50. The van der Waals surface area contributed by atoms with E-state index in [-0.39, 0.29) is 0 Å². The fraction of sp³-hybridized carbons (Fsp3) is 0.467. The van der Waals surface area contributed by atoms with Crippen LogP contribution in [0.5, 0.6) is 0 Å². The highest BCUT2D eigenvalue weighted by Gasteiger charge is 2.37. The molecule has 2 aromatic carbocycles. The summed E-state index contributed by atoms with van der Waals surface area (Å²) in [6.45, 7) is 4.52. The Balaban J connectivity index is 1.45. The van der Waals surface area contributed by atoms with Gasteiger partial charge in [-0.2, -0.15) is 0 Å². The molecular formula is C30H36. The van der Waals surface area contributed by atoms with Crippen molar-refractivity contribution >= 4 is 0 Å². The molecule has 1 aliphatic rings. The quantitative estimate of drug-likeness (QED) is 0.283. The molecule has 3 rings (SSSR count). The van der Waals surface area contributed by atoms with Crippen molar-refractivity contribution in [3.63, 3.8) is 0 Å². The molecule has 0 spiro atoms. The van der Waals surface area contributed by atoms with Gasteiger partial charge in [-0.15, -0.1) is 0 Å². The van der Waals surface area contributed by atoms with Gasteiger partial charge in [0.25, 0.3) is 0 Å². The molecule has 30 heavy (non-hydrogen) atoms. The summed E-state index contributed by atoms with van der Waals surface area (Å²) in [5, 5.41) is 0. The molecule has 0 saturated heterocycles. The zero-order chi connectivity index (χ0) is 21.0. The number of benzene rings is 2. The van der Waals surface area contributed by atoms with Crippen molar-refractivity contribution in [2.45, 2.75) is 84.0 Å². The SMILES string of the molecule is CCCCCCC1CC1c1ccc(C#CC#Cc2ccc(CCCCC)cc2)cc1. The molecule has 0 aliphatic heterocycles. The third-order valence-corrected chi connectivity index (χ3v) is 6.19. The standard InChI is InChI=1S/C30H36/c1-3-5-7-9-15-29-24-30(29)28-22-20-27(21-23-28)14-11-10-13-26-18-16-25(17-19-26)12-8-6-4-2/h16-23,29-30H,3-9,12,15,24H2,1-2H3. The third kappa shape index (κ3) is 7.43. The summed E-state index contributed by atoms with van der Waals surface area (Å²) >= 11 is 0. The van der Waals surface area contributed by atoms with E-state index in [1.54, 1.807) is 0 Å². The Bertz CT molecular complexity index is 878. The predicted molar refractivity (Wildman–Crippen MR) is 129 cm³/mol. The highest BCUT2D eigenvalue weighted by molar-refractivity contribution is 5.45. The summed E-state index contributed by atoms with van der Waals surface area (Å²) in [6.07, 6.45) is 13.3. The first kappa shape index (κ1) is 22.2. The predicted octanol–water partition coefficient (Wildman–Crippen LogP) is 7.90. The Morgan fingerprint density at radius 2 is 1.30 bits per heavy atom. The fourth-order valence-corrected chi connectivity index (χ4v) is 4.16. The lowest BCUT2D eigenvalue weighted by Crippen LogP contribution is -1.86. The Labute approximate surface area is 184 Å². The summed E-state index contributed by atoms with van der Waals surface area (Å²) < 4.78 is 0. The molecule has 2 unspecified atom stereocenters. The molecule has 0 N–H and O–H groups in total. The summed E-state index contributed by atoms with van der Waals surface area (Å²) in [5.41, 5.74) is 4.99. The minimum Gasteiger partial charge on any atom is -0.0654 e. The minimum atomic E-state index is 0.790. The molecule has 1 fully saturated rings. The van der Waals surface area contributed by atoms with E-state index in [1.807, 2.05) is 0 Å². The second-order valence-electron chi connectivity index (χ2n) is 8.73. The summed E-state index contributed by atoms with van der Waals surface area (Å²) in [4.78, 5) is 0. The normalized spacial score (nSPS) is 16.9. The van der Waals surface area contributed by atoms with E-state index in [9.17, 15) is 0 Å². The molecular weight excluding hydrogens is 360 g/mol. The minimum absolute atomic E-state index is 0.790. The van der Waals surface area contributed by atoms with Gasteiger partial charge in [0.05, 0.1) is 0 Å². The fourth-order valence-electron chi connectivity index (χ4n) is 4.16. The second-order valence-corrected chi connectivity index (χ2v) is 8.73. The average molecular weight is 397 g/mol. The molecule has 2 aromatic rings. The van der Waals surface area contributed by atoms with Gasteiger partial charge < -0.3 is 0 Å². The van der Waals surface area contributed by atoms with Crippen LogP contribution in [0.15, 0.2) is 48.5 Å². The molecule has 1 saturated carbocycles. The second kappa shape index (κ2) is 12.3. The third-order valence-electron chi connectivity index (χ3n) is 6.19. The van der Waals surface area contributed by atoms with Crippen molar-refractivity contribution in [3.8, 4) is 23.7 Å². The van der Waals surface area contributed by atoms with Gasteiger partial charge in [-0.05, 0) is 84.8 Å². The highest BCUT2D eigenvalue weighted by atomic mass is 14.4. The van der Waals surface area contributed by atoms with Gasteiger partial charge in [-0.3, -0.25) is 0 Å². The van der Waals surface area contributed by atoms with Gasteiger partial charge in [0.15, 0.2) is 0 Å². The van der Waals surface area contributed by atoms with Gasteiger partial charge in [0, 0.05) is 11.1 Å². The maximum Gasteiger partial charge on any atom is 0.0255 e. The van der Waals surface area contributed by atoms with Crippen molar-refractivity contribution < 1.29 is 0 Å². The first-order valence-corrected chi connectivity index (χ1v) is 12.0. The van der Waals surface area contributed by atoms with Gasteiger partial charge in [0.2, 0.25) is 0 Å². The van der Waals surface area contributed by atoms with E-state index in [0.717, 1.165) is 29.4 Å². The van der Waals surface area contributed by atoms with E-state index in [4.69, 9.17) is 0 Å². The molecule has 0 amide bonds. The smallest absolute Gasteiger partial charge is 0.0255 e. The Kier molecular flexibility index (Phi) is 9.12. The monoisotopic (exact) mass is 396 g/mol. The topological polar surface area (TPSA) is 0 Å². The van der Waals surface area contributed by atoms with Crippen molar-refractivity contribution in [3.05, 3.63) is 70.8 Å². The number of hydrogen-bond acceptors (Lipinski definition) is 0. The van der Waals surface area contributed by atoms with E-state index in [1.165, 1.54) is 68.9 Å². The lowest BCUT2D eigenvalue weighted by atomic mass is 10.0. The molecule has 2 atom stereocenters. The Morgan fingerprint density at radius 3 is 1.93 bits per heavy atom. The van der Waals surface area contributed by atoms with Gasteiger partial charge >= 0.3 is 0 Å². The first-order valence-electron chi connectivity index (χ1n) is 12.0. The molecule has 156 valence electrons. The van der Waals surface area contributed by atoms with Crippen LogP contribution in [0.25, 0.3) is 0 Å². The van der Waals surface area contributed by atoms with E-state index >= 15 is 0 Å².